The summed E-state index contributed by atoms with van der Waals surface area (Å²) in [7, 11) is 1.48. The van der Waals surface area contributed by atoms with E-state index in [2.05, 4.69) is 19.7 Å². The highest BCUT2D eigenvalue weighted by molar-refractivity contribution is 5.92. The normalized spacial score (nSPS) is 10.3. The summed E-state index contributed by atoms with van der Waals surface area (Å²) in [5.41, 5.74) is 4.46. The minimum Gasteiger partial charge on any atom is -0.493 e. The zero-order valence-electron chi connectivity index (χ0n) is 22.7. The van der Waals surface area contributed by atoms with Crippen LogP contribution in [0.2, 0.25) is 0 Å². The molecule has 0 N–H and O–H groups in total. The van der Waals surface area contributed by atoms with Crippen molar-refractivity contribution >= 4 is 17.9 Å². The number of esters is 3. The molecule has 7 heteroatoms. The number of hydrogen-bond acceptors (Lipinski definition) is 7. The predicted octanol–water partition coefficient (Wildman–Crippen LogP) is 6.78. The van der Waals surface area contributed by atoms with Crippen LogP contribution in [0, 0.1) is 6.92 Å². The summed E-state index contributed by atoms with van der Waals surface area (Å²) in [5, 5.41) is 0. The standard InChI is InChI=1S/C32H30O7/c1-18(2)30(33)37-24-12-9-22(10-13-24)26-15-21(7)25(17-28(26)38-31(34)19(3)4)23-11-14-27(36-8)29(16-23)39-32(35)20(5)6/h9-17H,1,3,5H2,2,4,6-8H3. The van der Waals surface area contributed by atoms with Gasteiger partial charge in [-0.25, -0.2) is 14.4 Å². The average molecular weight is 527 g/mol. The van der Waals surface area contributed by atoms with Crippen molar-refractivity contribution in [3.63, 3.8) is 0 Å². The molecule has 200 valence electrons. The van der Waals surface area contributed by atoms with Gasteiger partial charge in [-0.2, -0.15) is 0 Å². The molecule has 0 amide bonds. The third kappa shape index (κ3) is 6.90. The van der Waals surface area contributed by atoms with Crippen LogP contribution in [0.25, 0.3) is 22.3 Å². The monoisotopic (exact) mass is 526 g/mol. The zero-order chi connectivity index (χ0) is 28.9. The maximum atomic E-state index is 12.5. The van der Waals surface area contributed by atoms with Crippen molar-refractivity contribution in [2.45, 2.75) is 27.7 Å². The van der Waals surface area contributed by atoms with E-state index in [-0.39, 0.29) is 22.5 Å². The summed E-state index contributed by atoms with van der Waals surface area (Å²) in [6, 6.07) is 15.6. The number of rotatable bonds is 9. The van der Waals surface area contributed by atoms with Crippen LogP contribution in [0.1, 0.15) is 26.3 Å². The topological polar surface area (TPSA) is 88.1 Å². The van der Waals surface area contributed by atoms with Gasteiger partial charge >= 0.3 is 17.9 Å². The molecule has 7 nitrogen and oxygen atoms in total. The summed E-state index contributed by atoms with van der Waals surface area (Å²) in [6.07, 6.45) is 0. The molecule has 0 aromatic heterocycles. The van der Waals surface area contributed by atoms with Crippen molar-refractivity contribution in [2.24, 2.45) is 0 Å². The third-order valence-electron chi connectivity index (χ3n) is 5.63. The van der Waals surface area contributed by atoms with Gasteiger partial charge in [0.1, 0.15) is 11.5 Å². The zero-order valence-corrected chi connectivity index (χ0v) is 22.7. The van der Waals surface area contributed by atoms with E-state index < -0.39 is 17.9 Å². The summed E-state index contributed by atoms with van der Waals surface area (Å²) in [4.78, 5) is 36.6. The van der Waals surface area contributed by atoms with Crippen molar-refractivity contribution in [2.75, 3.05) is 7.11 Å². The highest BCUT2D eigenvalue weighted by atomic mass is 16.6. The van der Waals surface area contributed by atoms with E-state index in [1.807, 2.05) is 19.1 Å². The molecule has 0 heterocycles. The quantitative estimate of drug-likeness (QED) is 0.172. The average Bonchev–Trinajstić information content (AvgIpc) is 2.89. The Kier molecular flexibility index (Phi) is 8.88. The van der Waals surface area contributed by atoms with Crippen LogP contribution in [0.3, 0.4) is 0 Å². The Bertz CT molecular complexity index is 1490. The second-order valence-corrected chi connectivity index (χ2v) is 9.06. The van der Waals surface area contributed by atoms with Gasteiger partial charge < -0.3 is 18.9 Å². The van der Waals surface area contributed by atoms with Crippen molar-refractivity contribution in [3.05, 3.63) is 96.6 Å². The van der Waals surface area contributed by atoms with Gasteiger partial charge in [0.05, 0.1) is 7.11 Å². The van der Waals surface area contributed by atoms with Crippen LogP contribution in [0.4, 0.5) is 0 Å². The Morgan fingerprint density at radius 3 is 1.64 bits per heavy atom. The fourth-order valence-corrected chi connectivity index (χ4v) is 3.50. The maximum Gasteiger partial charge on any atom is 0.338 e. The molecule has 0 unspecified atom stereocenters. The van der Waals surface area contributed by atoms with Crippen molar-refractivity contribution in [1.82, 2.24) is 0 Å². The summed E-state index contributed by atoms with van der Waals surface area (Å²) < 4.78 is 21.8. The summed E-state index contributed by atoms with van der Waals surface area (Å²) >= 11 is 0. The second kappa shape index (κ2) is 12.1. The molecule has 39 heavy (non-hydrogen) atoms. The van der Waals surface area contributed by atoms with Gasteiger partial charge in [-0.3, -0.25) is 0 Å². The maximum absolute atomic E-state index is 12.5. The van der Waals surface area contributed by atoms with Crippen molar-refractivity contribution in [1.29, 1.82) is 0 Å². The molecule has 0 saturated heterocycles. The molecule has 0 radical (unpaired) electrons. The van der Waals surface area contributed by atoms with Gasteiger partial charge in [0.2, 0.25) is 0 Å². The molecule has 0 saturated carbocycles. The molecule has 3 aromatic rings. The molecular formula is C32H30O7. The molecule has 3 rings (SSSR count). The first-order chi connectivity index (χ1) is 18.4. The van der Waals surface area contributed by atoms with Gasteiger partial charge in [-0.15, -0.1) is 0 Å². The van der Waals surface area contributed by atoms with Gasteiger partial charge in [-0.1, -0.05) is 37.9 Å². The van der Waals surface area contributed by atoms with Crippen molar-refractivity contribution in [3.8, 4) is 45.3 Å². The van der Waals surface area contributed by atoms with E-state index in [1.54, 1.807) is 63.2 Å². The molecule has 0 fully saturated rings. The lowest BCUT2D eigenvalue weighted by atomic mass is 9.94. The van der Waals surface area contributed by atoms with Crippen LogP contribution in [0.15, 0.2) is 91.1 Å². The van der Waals surface area contributed by atoms with E-state index in [1.165, 1.54) is 7.11 Å². The minimum atomic E-state index is -0.580. The third-order valence-corrected chi connectivity index (χ3v) is 5.63. The van der Waals surface area contributed by atoms with E-state index in [0.29, 0.717) is 28.4 Å². The largest absolute Gasteiger partial charge is 0.493 e. The Labute approximate surface area is 228 Å². The Hall–Kier alpha value is -4.91. The van der Waals surface area contributed by atoms with Crippen LogP contribution < -0.4 is 18.9 Å². The SMILES string of the molecule is C=C(C)C(=O)Oc1ccc(-c2cc(C)c(-c3ccc(OC)c(OC(=O)C(=C)C)c3)cc2OC(=O)C(=C)C)cc1. The number of hydrogen-bond donors (Lipinski definition) is 0. The molecule has 0 aliphatic rings. The highest BCUT2D eigenvalue weighted by Crippen LogP contribution is 2.40. The first kappa shape index (κ1) is 28.7. The van der Waals surface area contributed by atoms with E-state index in [9.17, 15) is 14.4 Å². The molecule has 0 spiro atoms. The molecule has 0 aliphatic carbocycles. The van der Waals surface area contributed by atoms with E-state index >= 15 is 0 Å². The lowest BCUT2D eigenvalue weighted by molar-refractivity contribution is -0.131. The molecule has 0 aliphatic heterocycles. The number of carbonyl (C=O) groups excluding carboxylic acids is 3. The molecule has 0 atom stereocenters. The smallest absolute Gasteiger partial charge is 0.338 e. The van der Waals surface area contributed by atoms with E-state index in [4.69, 9.17) is 18.9 Å². The number of aryl methyl sites for hydroxylation is 1. The minimum absolute atomic E-state index is 0.229. The molecule has 0 bridgehead atoms. The number of ether oxygens (including phenoxy) is 4. The van der Waals surface area contributed by atoms with Crippen molar-refractivity contribution < 1.29 is 33.3 Å². The number of methoxy groups -OCH3 is 1. The van der Waals surface area contributed by atoms with Crippen LogP contribution in [-0.2, 0) is 14.4 Å². The fourth-order valence-electron chi connectivity index (χ4n) is 3.50. The van der Waals surface area contributed by atoms with Gasteiger partial charge in [0, 0.05) is 22.3 Å². The summed E-state index contributed by atoms with van der Waals surface area (Å²) in [5.74, 6) is -0.417. The van der Waals surface area contributed by atoms with Crippen LogP contribution in [-0.4, -0.2) is 25.0 Å². The van der Waals surface area contributed by atoms with Gasteiger partial charge in [0.25, 0.3) is 0 Å². The first-order valence-corrected chi connectivity index (χ1v) is 12.0. The fraction of sp³-hybridized carbons (Fsp3) is 0.156. The van der Waals surface area contributed by atoms with Crippen LogP contribution >= 0.6 is 0 Å². The first-order valence-electron chi connectivity index (χ1n) is 12.0. The van der Waals surface area contributed by atoms with Gasteiger partial charge in [-0.05, 0) is 86.3 Å². The summed E-state index contributed by atoms with van der Waals surface area (Å²) in [6.45, 7) is 17.5. The molecular weight excluding hydrogens is 496 g/mol. The predicted molar refractivity (Wildman–Crippen MR) is 150 cm³/mol. The molecule has 3 aromatic carbocycles. The lowest BCUT2D eigenvalue weighted by Gasteiger charge is -2.17. The van der Waals surface area contributed by atoms with Crippen LogP contribution in [0.5, 0.6) is 23.0 Å². The highest BCUT2D eigenvalue weighted by Gasteiger charge is 2.18. The lowest BCUT2D eigenvalue weighted by Crippen LogP contribution is -2.10. The number of carbonyl (C=O) groups is 3. The Morgan fingerprint density at radius 2 is 1.10 bits per heavy atom. The Balaban J connectivity index is 2.10. The van der Waals surface area contributed by atoms with Gasteiger partial charge in [0.15, 0.2) is 11.5 Å². The number of benzene rings is 3. The van der Waals surface area contributed by atoms with E-state index in [0.717, 1.165) is 16.7 Å². The second-order valence-electron chi connectivity index (χ2n) is 9.06. The Morgan fingerprint density at radius 1 is 0.590 bits per heavy atom.